The van der Waals surface area contributed by atoms with Gasteiger partial charge in [-0.15, -0.1) is 11.8 Å². The first-order valence-electron chi connectivity index (χ1n) is 11.9. The molecule has 0 radical (unpaired) electrons. The lowest BCUT2D eigenvalue weighted by atomic mass is 10.0. The van der Waals surface area contributed by atoms with Crippen LogP contribution in [0, 0.1) is 13.8 Å². The minimum absolute atomic E-state index is 0. The van der Waals surface area contributed by atoms with Gasteiger partial charge in [0, 0.05) is 58.9 Å². The molecular weight excluding hydrogens is 540 g/mol. The second kappa shape index (κ2) is 15.8. The van der Waals surface area contributed by atoms with Crippen molar-refractivity contribution in [2.75, 3.05) is 12.5 Å². The maximum Gasteiger partial charge on any atom is 0.175 e. The Balaban J connectivity index is 0.000000383. The molecule has 0 N–H and O–H groups in total. The highest BCUT2D eigenvalue weighted by Gasteiger charge is 2.10. The second-order valence-corrected chi connectivity index (χ2v) is 11.7. The summed E-state index contributed by atoms with van der Waals surface area (Å²) in [4.78, 5) is 33.8. The van der Waals surface area contributed by atoms with Crippen LogP contribution in [-0.4, -0.2) is 42.5 Å². The number of rotatable bonds is 8. The van der Waals surface area contributed by atoms with Crippen molar-refractivity contribution >= 4 is 33.2 Å². The van der Waals surface area contributed by atoms with E-state index in [1.165, 1.54) is 17.0 Å². The van der Waals surface area contributed by atoms with Crippen molar-refractivity contribution in [2.24, 2.45) is 0 Å². The predicted octanol–water partition coefficient (Wildman–Crippen LogP) is 7.03. The Kier molecular flexibility index (Phi) is 13.6. The fourth-order valence-electron chi connectivity index (χ4n) is 3.44. The molecule has 0 spiro atoms. The zero-order chi connectivity index (χ0) is 27.7. The van der Waals surface area contributed by atoms with E-state index in [0.29, 0.717) is 17.5 Å². The Morgan fingerprint density at radius 3 is 1.40 bits per heavy atom. The zero-order valence-corrected chi connectivity index (χ0v) is 23.5. The average Bonchev–Trinajstić information content (AvgIpc) is 2.90. The summed E-state index contributed by atoms with van der Waals surface area (Å²) in [6, 6.07) is 21.7. The Hall–Kier alpha value is -3.62. The van der Waals surface area contributed by atoms with Gasteiger partial charge in [0.15, 0.2) is 21.4 Å². The molecule has 212 valence electrons. The first kappa shape index (κ1) is 34.4. The number of hydrogen-bond acceptors (Lipinski definition) is 7. The van der Waals surface area contributed by atoms with Crippen molar-refractivity contribution in [2.45, 2.75) is 51.3 Å². The van der Waals surface area contributed by atoms with E-state index >= 15 is 0 Å². The van der Waals surface area contributed by atoms with Crippen LogP contribution >= 0.6 is 11.8 Å². The molecule has 0 aliphatic carbocycles. The van der Waals surface area contributed by atoms with Gasteiger partial charge in [0.1, 0.15) is 0 Å². The number of pyridine rings is 2. The quantitative estimate of drug-likeness (QED) is 0.164. The maximum atomic E-state index is 12.0. The summed E-state index contributed by atoms with van der Waals surface area (Å²) in [6.45, 7) is 3.77. The van der Waals surface area contributed by atoms with Crippen LogP contribution in [0.5, 0.6) is 0 Å². The van der Waals surface area contributed by atoms with Gasteiger partial charge in [-0.1, -0.05) is 39.1 Å². The predicted molar refractivity (Wildman–Crippen MR) is 165 cm³/mol. The minimum Gasteiger partial charge on any atom is -0.294 e. The molecule has 2 aromatic heterocycles. The molecule has 2 heterocycles. The monoisotopic (exact) mass is 578 g/mol. The number of sulfone groups is 1. The van der Waals surface area contributed by atoms with Crippen LogP contribution in [0.1, 0.15) is 58.1 Å². The highest BCUT2D eigenvalue weighted by atomic mass is 32.2. The van der Waals surface area contributed by atoms with Gasteiger partial charge in [-0.3, -0.25) is 19.6 Å². The van der Waals surface area contributed by atoms with Gasteiger partial charge in [-0.05, 0) is 79.8 Å². The topological polar surface area (TPSA) is 94.1 Å². The van der Waals surface area contributed by atoms with Crippen molar-refractivity contribution in [1.29, 1.82) is 0 Å². The number of carbonyl (C=O) groups is 2. The Bertz CT molecular complexity index is 1480. The van der Waals surface area contributed by atoms with Gasteiger partial charge in [-0.25, -0.2) is 8.42 Å². The SMILES string of the molecule is C.C.CSc1ccc(CC(=O)c2ccc(C)nc2)cc1.Cc1ccc(C(=O)Cc2ccc(S(C)(=O)=O)cc2)cn1. The highest BCUT2D eigenvalue weighted by molar-refractivity contribution is 7.98. The van der Waals surface area contributed by atoms with Gasteiger partial charge in [0.05, 0.1) is 4.90 Å². The summed E-state index contributed by atoms with van der Waals surface area (Å²) in [6.07, 6.45) is 7.06. The number of carbonyl (C=O) groups excluding carboxylic acids is 2. The molecule has 2 aromatic carbocycles. The molecule has 0 unspecified atom stereocenters. The van der Waals surface area contributed by atoms with E-state index in [9.17, 15) is 18.0 Å². The summed E-state index contributed by atoms with van der Waals surface area (Å²) >= 11 is 1.70. The van der Waals surface area contributed by atoms with Crippen LogP contribution in [0.3, 0.4) is 0 Å². The Morgan fingerprint density at radius 2 is 1.07 bits per heavy atom. The lowest BCUT2D eigenvalue weighted by Crippen LogP contribution is -2.05. The van der Waals surface area contributed by atoms with Gasteiger partial charge >= 0.3 is 0 Å². The van der Waals surface area contributed by atoms with E-state index in [2.05, 4.69) is 9.97 Å². The number of benzene rings is 2. The van der Waals surface area contributed by atoms with E-state index in [-0.39, 0.29) is 37.7 Å². The number of aryl methyl sites for hydroxylation is 2. The van der Waals surface area contributed by atoms with Crippen molar-refractivity contribution < 1.29 is 18.0 Å². The van der Waals surface area contributed by atoms with Gasteiger partial charge in [0.2, 0.25) is 0 Å². The summed E-state index contributed by atoms with van der Waals surface area (Å²) in [5.41, 5.74) is 4.84. The molecule has 0 bridgehead atoms. The highest BCUT2D eigenvalue weighted by Crippen LogP contribution is 2.16. The average molecular weight is 579 g/mol. The fraction of sp³-hybridized carbons (Fsp3) is 0.250. The van der Waals surface area contributed by atoms with E-state index in [0.717, 1.165) is 28.8 Å². The third-order valence-electron chi connectivity index (χ3n) is 5.71. The third kappa shape index (κ3) is 10.5. The number of thioether (sulfide) groups is 1. The minimum atomic E-state index is -3.20. The first-order valence-corrected chi connectivity index (χ1v) is 15.0. The normalized spacial score (nSPS) is 10.3. The van der Waals surface area contributed by atoms with E-state index in [1.807, 2.05) is 56.5 Å². The fourth-order valence-corrected chi connectivity index (χ4v) is 4.48. The van der Waals surface area contributed by atoms with E-state index in [4.69, 9.17) is 0 Å². The Labute approximate surface area is 243 Å². The van der Waals surface area contributed by atoms with Gasteiger partial charge in [0.25, 0.3) is 0 Å². The molecule has 0 amide bonds. The molecule has 4 rings (SSSR count). The first-order chi connectivity index (χ1) is 18.0. The number of Topliss-reactive ketones (excluding diaryl/α,β-unsaturated/α-hetero) is 2. The smallest absolute Gasteiger partial charge is 0.175 e. The van der Waals surface area contributed by atoms with Crippen LogP contribution in [0.2, 0.25) is 0 Å². The molecule has 0 aliphatic heterocycles. The van der Waals surface area contributed by atoms with Gasteiger partial charge in [-0.2, -0.15) is 0 Å². The maximum absolute atomic E-state index is 12.0. The largest absolute Gasteiger partial charge is 0.294 e. The number of ketones is 2. The molecular formula is C32H38N2O4S2. The van der Waals surface area contributed by atoms with Crippen LogP contribution in [0.4, 0.5) is 0 Å². The molecule has 8 heteroatoms. The molecule has 0 aliphatic rings. The van der Waals surface area contributed by atoms with Gasteiger partial charge < -0.3 is 0 Å². The standard InChI is InChI=1S/C15H15NO3S.C15H15NOS.2CH4/c1-11-3-6-13(10-16-11)15(17)9-12-4-7-14(8-5-12)20(2,18)19;1-11-3-6-13(10-16-11)15(17)9-12-4-7-14(18-2)8-5-12;;/h3-8,10H,9H2,1-2H3;3-8,10H,9H2,1-2H3;2*1H4. The molecule has 0 saturated heterocycles. The van der Waals surface area contributed by atoms with Crippen LogP contribution in [-0.2, 0) is 22.7 Å². The number of hydrogen-bond donors (Lipinski definition) is 0. The molecule has 4 aromatic rings. The van der Waals surface area contributed by atoms with Crippen LogP contribution < -0.4 is 0 Å². The molecule has 0 saturated carbocycles. The summed E-state index contributed by atoms with van der Waals surface area (Å²) in [5, 5.41) is 0. The number of aromatic nitrogens is 2. The second-order valence-electron chi connectivity index (χ2n) is 8.84. The lowest BCUT2D eigenvalue weighted by Gasteiger charge is -2.03. The Morgan fingerprint density at radius 1 is 0.675 bits per heavy atom. The van der Waals surface area contributed by atoms with Crippen molar-refractivity contribution in [3.05, 3.63) is 119 Å². The number of nitrogens with zero attached hydrogens (tertiary/aromatic N) is 2. The lowest BCUT2D eigenvalue weighted by molar-refractivity contribution is 0.0984. The zero-order valence-electron chi connectivity index (χ0n) is 21.8. The third-order valence-corrected chi connectivity index (χ3v) is 7.58. The van der Waals surface area contributed by atoms with Crippen LogP contribution in [0.25, 0.3) is 0 Å². The molecule has 0 atom stereocenters. The molecule has 6 nitrogen and oxygen atoms in total. The molecule has 40 heavy (non-hydrogen) atoms. The summed E-state index contributed by atoms with van der Waals surface area (Å²) < 4.78 is 22.7. The van der Waals surface area contributed by atoms with Crippen molar-refractivity contribution in [3.63, 3.8) is 0 Å². The van der Waals surface area contributed by atoms with Crippen molar-refractivity contribution in [3.8, 4) is 0 Å². The molecule has 0 fully saturated rings. The van der Waals surface area contributed by atoms with E-state index in [1.54, 1.807) is 48.4 Å². The van der Waals surface area contributed by atoms with Crippen molar-refractivity contribution in [1.82, 2.24) is 9.97 Å². The summed E-state index contributed by atoms with van der Waals surface area (Å²) in [5.74, 6) is 0.0732. The van der Waals surface area contributed by atoms with E-state index < -0.39 is 9.84 Å². The van der Waals surface area contributed by atoms with Crippen LogP contribution in [0.15, 0.2) is 95.0 Å². The summed E-state index contributed by atoms with van der Waals surface area (Å²) in [7, 11) is -3.20.